The maximum atomic E-state index is 13.7. The summed E-state index contributed by atoms with van der Waals surface area (Å²) in [5, 5.41) is 11.5. The number of carboxylic acid groups (broad SMARTS) is 1. The number of rotatable bonds is 6. The van der Waals surface area contributed by atoms with Crippen LogP contribution in [0, 0.1) is 6.92 Å². The smallest absolute Gasteiger partial charge is 0.416 e. The molecule has 1 atom stereocenters. The largest absolute Gasteiger partial charge is 0.493 e. The van der Waals surface area contributed by atoms with E-state index in [0.717, 1.165) is 16.2 Å². The molecule has 6 rings (SSSR count). The molecule has 3 heterocycles. The number of carbonyl (C=O) groups is 1. The third-order valence-corrected chi connectivity index (χ3v) is 8.33. The number of fused-ring (bicyclic) bond motifs is 1. The van der Waals surface area contributed by atoms with Crippen molar-refractivity contribution < 1.29 is 45.7 Å². The van der Waals surface area contributed by atoms with E-state index in [-0.39, 0.29) is 17.1 Å². The summed E-state index contributed by atoms with van der Waals surface area (Å²) in [7, 11) is 0. The number of hydrogen-bond donors (Lipinski definition) is 1. The van der Waals surface area contributed by atoms with Crippen LogP contribution < -0.4 is 10.3 Å². The molecule has 0 spiro atoms. The summed E-state index contributed by atoms with van der Waals surface area (Å²) in [5.41, 5.74) is -2.03. The third kappa shape index (κ3) is 6.46. The maximum absolute atomic E-state index is 13.7. The van der Waals surface area contributed by atoms with Crippen molar-refractivity contribution in [3.8, 4) is 16.9 Å². The number of aryl methyl sites for hydroxylation is 1. The molecule has 0 saturated heterocycles. The van der Waals surface area contributed by atoms with E-state index in [2.05, 4.69) is 4.98 Å². The van der Waals surface area contributed by atoms with Crippen LogP contribution in [0.15, 0.2) is 65.6 Å². The van der Waals surface area contributed by atoms with E-state index in [9.17, 15) is 41.0 Å². The van der Waals surface area contributed by atoms with Gasteiger partial charge in [-0.2, -0.15) is 26.3 Å². The van der Waals surface area contributed by atoms with Crippen LogP contribution in [-0.4, -0.2) is 32.8 Å². The number of hydrogen-bond acceptors (Lipinski definition) is 5. The van der Waals surface area contributed by atoms with Gasteiger partial charge in [0.25, 0.3) is 5.56 Å². The molecule has 1 N–H and O–H groups in total. The van der Waals surface area contributed by atoms with Gasteiger partial charge in [-0.3, -0.25) is 9.78 Å². The number of halogens is 6. The van der Waals surface area contributed by atoms with E-state index in [1.807, 2.05) is 6.07 Å². The summed E-state index contributed by atoms with van der Waals surface area (Å²) in [6, 6.07) is 10.6. The van der Waals surface area contributed by atoms with Crippen molar-refractivity contribution in [2.24, 2.45) is 0 Å². The molecule has 0 fully saturated rings. The van der Waals surface area contributed by atoms with Gasteiger partial charge in [-0.05, 0) is 98.5 Å². The number of alkyl halides is 6. The zero-order chi connectivity index (χ0) is 35.6. The molecule has 2 aromatic heterocycles. The fraction of sp³-hybridized carbons (Fsp3) is 0.306. The lowest BCUT2D eigenvalue weighted by molar-refractivity contribution is -0.160. The van der Waals surface area contributed by atoms with Gasteiger partial charge in [0.15, 0.2) is 6.10 Å². The van der Waals surface area contributed by atoms with Gasteiger partial charge in [0.05, 0.1) is 40.9 Å². The minimum absolute atomic E-state index is 0.0275. The Hall–Kier alpha value is -4.91. The quantitative estimate of drug-likeness (QED) is 0.181. The van der Waals surface area contributed by atoms with Gasteiger partial charge in [-0.1, -0.05) is 0 Å². The zero-order valence-electron chi connectivity index (χ0n) is 26.7. The molecule has 1 aliphatic rings. The van der Waals surface area contributed by atoms with Crippen molar-refractivity contribution in [2.75, 3.05) is 6.61 Å². The number of ether oxygens (including phenoxy) is 2. The molecule has 0 radical (unpaired) electrons. The Labute approximate surface area is 275 Å². The SMILES string of the molecule is Cc1cc2c(ccc(=O)n2Cc2cc(C(F)(F)F)cc(C(F)(F)F)c2)c(-c2ccc3c4c(ccnc24)CCO3)c1C(OC(C)(C)C)C(=O)O. The molecule has 3 aromatic carbocycles. The lowest BCUT2D eigenvalue weighted by atomic mass is 9.86. The summed E-state index contributed by atoms with van der Waals surface area (Å²) in [4.78, 5) is 30.9. The van der Waals surface area contributed by atoms with Crippen LogP contribution in [0.1, 0.15) is 60.3 Å². The van der Waals surface area contributed by atoms with Gasteiger partial charge in [-0.15, -0.1) is 0 Å². The number of nitrogens with zero attached hydrogens (tertiary/aromatic N) is 2. The molecule has 5 aromatic rings. The first-order valence-electron chi connectivity index (χ1n) is 15.2. The molecule has 13 heteroatoms. The second-order valence-corrected chi connectivity index (χ2v) is 12.9. The number of aliphatic carboxylic acids is 1. The van der Waals surface area contributed by atoms with Crippen molar-refractivity contribution in [2.45, 2.75) is 64.7 Å². The van der Waals surface area contributed by atoms with E-state index < -0.39 is 58.8 Å². The number of pyridine rings is 2. The molecule has 7 nitrogen and oxygen atoms in total. The number of carboxylic acids is 1. The molecular formula is C36H30F6N2O5. The Balaban J connectivity index is 1.69. The second-order valence-electron chi connectivity index (χ2n) is 12.9. The Morgan fingerprint density at radius 1 is 0.980 bits per heavy atom. The van der Waals surface area contributed by atoms with Crippen molar-refractivity contribution in [3.05, 3.63) is 105 Å². The predicted molar refractivity (Wildman–Crippen MR) is 170 cm³/mol. The average molecular weight is 685 g/mol. The van der Waals surface area contributed by atoms with Crippen LogP contribution in [0.25, 0.3) is 32.9 Å². The summed E-state index contributed by atoms with van der Waals surface area (Å²) < 4.78 is 95.3. The predicted octanol–water partition coefficient (Wildman–Crippen LogP) is 8.49. The highest BCUT2D eigenvalue weighted by atomic mass is 19.4. The summed E-state index contributed by atoms with van der Waals surface area (Å²) >= 11 is 0. The van der Waals surface area contributed by atoms with E-state index >= 15 is 0 Å². The van der Waals surface area contributed by atoms with Gasteiger partial charge in [0.1, 0.15) is 5.75 Å². The Bertz CT molecular complexity index is 2160. The lowest BCUT2D eigenvalue weighted by Gasteiger charge is -2.29. The van der Waals surface area contributed by atoms with Crippen LogP contribution >= 0.6 is 0 Å². The first-order valence-corrected chi connectivity index (χ1v) is 15.2. The van der Waals surface area contributed by atoms with Gasteiger partial charge in [0, 0.05) is 40.6 Å². The molecule has 0 saturated carbocycles. The van der Waals surface area contributed by atoms with Crippen molar-refractivity contribution in [1.82, 2.24) is 9.55 Å². The summed E-state index contributed by atoms with van der Waals surface area (Å²) in [6.07, 6.45) is -9.46. The first-order chi connectivity index (χ1) is 22.8. The summed E-state index contributed by atoms with van der Waals surface area (Å²) in [6.45, 7) is 6.50. The summed E-state index contributed by atoms with van der Waals surface area (Å²) in [5.74, 6) is -0.719. The van der Waals surface area contributed by atoms with E-state index in [1.165, 1.54) is 12.1 Å². The number of benzene rings is 3. The van der Waals surface area contributed by atoms with Crippen molar-refractivity contribution in [1.29, 1.82) is 0 Å². The minimum atomic E-state index is -5.08. The Kier molecular flexibility index (Phi) is 8.25. The highest BCUT2D eigenvalue weighted by Crippen LogP contribution is 2.45. The fourth-order valence-corrected chi connectivity index (χ4v) is 6.36. The highest BCUT2D eigenvalue weighted by molar-refractivity contribution is 6.08. The molecule has 0 aliphatic carbocycles. The average Bonchev–Trinajstić information content (AvgIpc) is 3.00. The Morgan fingerprint density at radius 3 is 2.27 bits per heavy atom. The normalized spacial score (nSPS) is 14.2. The molecule has 1 unspecified atom stereocenters. The van der Waals surface area contributed by atoms with E-state index in [1.54, 1.807) is 46.0 Å². The van der Waals surface area contributed by atoms with Gasteiger partial charge >= 0.3 is 18.3 Å². The molecule has 1 aliphatic heterocycles. The molecule has 0 bridgehead atoms. The van der Waals surface area contributed by atoms with Gasteiger partial charge in [0.2, 0.25) is 0 Å². The molecule has 0 amide bonds. The third-order valence-electron chi connectivity index (χ3n) is 8.33. The lowest BCUT2D eigenvalue weighted by Crippen LogP contribution is -2.28. The minimum Gasteiger partial charge on any atom is -0.493 e. The fourth-order valence-electron chi connectivity index (χ4n) is 6.36. The topological polar surface area (TPSA) is 90.7 Å². The second kappa shape index (κ2) is 11.9. The van der Waals surface area contributed by atoms with Gasteiger partial charge < -0.3 is 19.1 Å². The molecule has 49 heavy (non-hydrogen) atoms. The van der Waals surface area contributed by atoms with Crippen LogP contribution in [0.5, 0.6) is 5.75 Å². The van der Waals surface area contributed by atoms with Crippen molar-refractivity contribution >= 4 is 27.8 Å². The van der Waals surface area contributed by atoms with Crippen molar-refractivity contribution in [3.63, 3.8) is 0 Å². The van der Waals surface area contributed by atoms with Crippen LogP contribution in [-0.2, 0) is 34.8 Å². The van der Waals surface area contributed by atoms with Crippen LogP contribution in [0.2, 0.25) is 0 Å². The monoisotopic (exact) mass is 684 g/mol. The molecule has 256 valence electrons. The standard InChI is InChI=1S/C36H30F6N2O5/c1-18-13-25-23(6-8-27(45)44(25)17-19-14-21(35(37,38)39)16-22(15-19)36(40,41)42)30(28(18)32(33(46)47)49-34(2,3)4)24-5-7-26-29-20(10-12-48-26)9-11-43-31(24)29/h5-9,11,13-16,32H,10,12,17H2,1-4H3,(H,46,47). The zero-order valence-corrected chi connectivity index (χ0v) is 26.7. The van der Waals surface area contributed by atoms with E-state index in [0.29, 0.717) is 63.9 Å². The van der Waals surface area contributed by atoms with Crippen LogP contribution in [0.3, 0.4) is 0 Å². The maximum Gasteiger partial charge on any atom is 0.416 e. The molecular weight excluding hydrogens is 654 g/mol. The number of aromatic nitrogens is 2. The highest BCUT2D eigenvalue weighted by Gasteiger charge is 2.37. The van der Waals surface area contributed by atoms with Crippen LogP contribution in [0.4, 0.5) is 26.3 Å². The first kappa shape index (κ1) is 34.0. The van der Waals surface area contributed by atoms with E-state index in [4.69, 9.17) is 9.47 Å². The van der Waals surface area contributed by atoms with Gasteiger partial charge in [-0.25, -0.2) is 4.79 Å². The Morgan fingerprint density at radius 2 is 1.65 bits per heavy atom.